The predicted molar refractivity (Wildman–Crippen MR) is 120 cm³/mol. The van der Waals surface area contributed by atoms with Crippen LogP contribution < -0.4 is 5.32 Å². The highest BCUT2D eigenvalue weighted by atomic mass is 16.1. The molecular formula is C25H30N2O. The maximum atomic E-state index is 12.2. The lowest BCUT2D eigenvalue weighted by Gasteiger charge is -2.13. The number of amides is 1. The highest BCUT2D eigenvalue weighted by molar-refractivity contribution is 5.97. The van der Waals surface area contributed by atoms with Gasteiger partial charge in [-0.3, -0.25) is 4.79 Å². The number of aromatic nitrogens is 1. The van der Waals surface area contributed by atoms with E-state index >= 15 is 0 Å². The first-order valence-electron chi connectivity index (χ1n) is 9.87. The van der Waals surface area contributed by atoms with Crippen molar-refractivity contribution in [2.75, 3.05) is 0 Å². The average molecular weight is 375 g/mol. The molecule has 0 aliphatic rings. The first kappa shape index (κ1) is 19.9. The summed E-state index contributed by atoms with van der Waals surface area (Å²) in [6, 6.07) is 11.1. The number of benzene rings is 2. The molecule has 1 amide bonds. The number of nitrogens with one attached hydrogen (secondary N) is 2. The molecule has 0 bridgehead atoms. The van der Waals surface area contributed by atoms with E-state index in [-0.39, 0.29) is 11.9 Å². The fourth-order valence-electron chi connectivity index (χ4n) is 3.61. The Hall–Kier alpha value is -2.81. The Labute approximate surface area is 167 Å². The second kappa shape index (κ2) is 7.67. The van der Waals surface area contributed by atoms with Crippen LogP contribution in [-0.2, 0) is 4.79 Å². The molecule has 28 heavy (non-hydrogen) atoms. The molecule has 1 heterocycles. The summed E-state index contributed by atoms with van der Waals surface area (Å²) in [5.74, 6) is -0.0140. The summed E-state index contributed by atoms with van der Waals surface area (Å²) in [5, 5.41) is 4.22. The third kappa shape index (κ3) is 3.89. The Morgan fingerprint density at radius 2 is 1.75 bits per heavy atom. The van der Waals surface area contributed by atoms with Gasteiger partial charge in [0.1, 0.15) is 0 Å². The van der Waals surface area contributed by atoms with Crippen LogP contribution in [0.1, 0.15) is 48.7 Å². The van der Waals surface area contributed by atoms with Gasteiger partial charge in [0, 0.05) is 28.2 Å². The smallest absolute Gasteiger partial charge is 0.247 e. The van der Waals surface area contributed by atoms with Gasteiger partial charge in [-0.1, -0.05) is 18.2 Å². The highest BCUT2D eigenvalue weighted by Crippen LogP contribution is 2.31. The summed E-state index contributed by atoms with van der Waals surface area (Å²) in [6.07, 6.45) is 1.98. The third-order valence-corrected chi connectivity index (χ3v) is 5.38. The van der Waals surface area contributed by atoms with Crippen LogP contribution in [0.3, 0.4) is 0 Å². The number of carbonyl (C=O) groups is 1. The molecule has 3 aromatic rings. The molecule has 3 rings (SSSR count). The molecule has 1 aromatic heterocycles. The Morgan fingerprint density at radius 3 is 2.43 bits per heavy atom. The molecule has 2 aromatic carbocycles. The molecule has 0 unspecified atom stereocenters. The Balaban J connectivity index is 2.00. The fraction of sp³-hybridized carbons (Fsp3) is 0.320. The van der Waals surface area contributed by atoms with Gasteiger partial charge in [-0.25, -0.2) is 0 Å². The highest BCUT2D eigenvalue weighted by Gasteiger charge is 2.11. The molecular weight excluding hydrogens is 344 g/mol. The van der Waals surface area contributed by atoms with E-state index in [2.05, 4.69) is 68.3 Å². The van der Waals surface area contributed by atoms with E-state index in [9.17, 15) is 4.79 Å². The third-order valence-electron chi connectivity index (χ3n) is 5.38. The number of aryl methyl sites for hydroxylation is 4. The maximum Gasteiger partial charge on any atom is 0.247 e. The van der Waals surface area contributed by atoms with Crippen molar-refractivity contribution in [3.63, 3.8) is 0 Å². The van der Waals surface area contributed by atoms with Crippen LogP contribution >= 0.6 is 0 Å². The van der Waals surface area contributed by atoms with Gasteiger partial charge in [-0.05, 0) is 100 Å². The number of H-pyrrole nitrogens is 1. The van der Waals surface area contributed by atoms with Crippen molar-refractivity contribution in [1.29, 1.82) is 0 Å². The molecule has 0 saturated carbocycles. The van der Waals surface area contributed by atoms with E-state index < -0.39 is 0 Å². The minimum Gasteiger partial charge on any atom is -0.358 e. The van der Waals surface area contributed by atoms with Gasteiger partial charge in [0.05, 0.1) is 0 Å². The maximum absolute atomic E-state index is 12.2. The van der Waals surface area contributed by atoms with E-state index in [1.54, 1.807) is 0 Å². The van der Waals surface area contributed by atoms with E-state index in [1.807, 2.05) is 26.8 Å². The molecule has 0 saturated heterocycles. The number of hydrogen-bond acceptors (Lipinski definition) is 1. The van der Waals surface area contributed by atoms with Gasteiger partial charge in [0.2, 0.25) is 5.91 Å². The molecule has 146 valence electrons. The van der Waals surface area contributed by atoms with Gasteiger partial charge >= 0.3 is 0 Å². The van der Waals surface area contributed by atoms with Crippen LogP contribution in [0.2, 0.25) is 0 Å². The first-order valence-corrected chi connectivity index (χ1v) is 9.87. The molecule has 0 aliphatic carbocycles. The molecule has 0 spiro atoms. The molecule has 0 aliphatic heterocycles. The minimum absolute atomic E-state index is 0.0140. The van der Waals surface area contributed by atoms with Gasteiger partial charge in [-0.15, -0.1) is 0 Å². The SMILES string of the molecule is CC(=Cc1cc(C)c(-c2ccc3[nH]c(C)c(C)c3c2)cc1C)C(=O)NC(C)C. The van der Waals surface area contributed by atoms with Crippen molar-refractivity contribution in [2.45, 2.75) is 54.5 Å². The molecule has 3 heteroatoms. The Morgan fingerprint density at radius 1 is 1.04 bits per heavy atom. The normalized spacial score (nSPS) is 12.1. The topological polar surface area (TPSA) is 44.9 Å². The standard InChI is InChI=1S/C25H30N2O/c1-14(2)26-25(28)17(5)11-21-10-16(4)22(12-15(21)3)20-8-9-24-23(13-20)18(6)19(7)27-24/h8-14,27H,1-7H3,(H,26,28). The Bertz CT molecular complexity index is 1080. The summed E-state index contributed by atoms with van der Waals surface area (Å²) in [6.45, 7) is 14.3. The molecule has 0 fully saturated rings. The summed E-state index contributed by atoms with van der Waals surface area (Å²) in [5.41, 5.74) is 10.3. The minimum atomic E-state index is -0.0140. The Kier molecular flexibility index (Phi) is 5.46. The molecule has 2 N–H and O–H groups in total. The van der Waals surface area contributed by atoms with Crippen molar-refractivity contribution < 1.29 is 4.79 Å². The lowest BCUT2D eigenvalue weighted by atomic mass is 9.93. The van der Waals surface area contributed by atoms with Gasteiger partial charge < -0.3 is 10.3 Å². The summed E-state index contributed by atoms with van der Waals surface area (Å²) in [4.78, 5) is 15.7. The van der Waals surface area contributed by atoms with Gasteiger partial charge in [0.15, 0.2) is 0 Å². The van der Waals surface area contributed by atoms with Crippen molar-refractivity contribution in [2.24, 2.45) is 0 Å². The number of aromatic amines is 1. The van der Waals surface area contributed by atoms with Gasteiger partial charge in [0.25, 0.3) is 0 Å². The van der Waals surface area contributed by atoms with Crippen LogP contribution in [-0.4, -0.2) is 16.9 Å². The number of hydrogen-bond donors (Lipinski definition) is 2. The number of carbonyl (C=O) groups excluding carboxylic acids is 1. The largest absolute Gasteiger partial charge is 0.358 e. The molecule has 0 atom stereocenters. The van der Waals surface area contributed by atoms with Crippen LogP contribution in [0.5, 0.6) is 0 Å². The monoisotopic (exact) mass is 374 g/mol. The van der Waals surface area contributed by atoms with Crippen LogP contribution in [0, 0.1) is 27.7 Å². The summed E-state index contributed by atoms with van der Waals surface area (Å²) >= 11 is 0. The lowest BCUT2D eigenvalue weighted by Crippen LogP contribution is -2.30. The van der Waals surface area contributed by atoms with E-state index in [0.717, 1.165) is 11.1 Å². The first-order chi connectivity index (χ1) is 13.2. The molecule has 3 nitrogen and oxygen atoms in total. The second-order valence-corrected chi connectivity index (χ2v) is 8.11. The van der Waals surface area contributed by atoms with E-state index in [1.165, 1.54) is 44.4 Å². The van der Waals surface area contributed by atoms with Crippen molar-refractivity contribution >= 4 is 22.9 Å². The van der Waals surface area contributed by atoms with Crippen molar-refractivity contribution in [3.8, 4) is 11.1 Å². The van der Waals surface area contributed by atoms with E-state index in [4.69, 9.17) is 0 Å². The zero-order valence-electron chi connectivity index (χ0n) is 17.9. The van der Waals surface area contributed by atoms with Crippen LogP contribution in [0.15, 0.2) is 35.9 Å². The van der Waals surface area contributed by atoms with Crippen molar-refractivity contribution in [3.05, 3.63) is 63.9 Å². The zero-order valence-corrected chi connectivity index (χ0v) is 17.9. The zero-order chi connectivity index (χ0) is 20.6. The van der Waals surface area contributed by atoms with Crippen LogP contribution in [0.4, 0.5) is 0 Å². The quantitative estimate of drug-likeness (QED) is 0.541. The predicted octanol–water partition coefficient (Wildman–Crippen LogP) is 6.00. The van der Waals surface area contributed by atoms with Crippen LogP contribution in [0.25, 0.3) is 28.1 Å². The molecule has 0 radical (unpaired) electrons. The summed E-state index contributed by atoms with van der Waals surface area (Å²) < 4.78 is 0. The lowest BCUT2D eigenvalue weighted by molar-refractivity contribution is -0.117. The summed E-state index contributed by atoms with van der Waals surface area (Å²) in [7, 11) is 0. The second-order valence-electron chi connectivity index (χ2n) is 8.11. The van der Waals surface area contributed by atoms with E-state index in [0.29, 0.717) is 0 Å². The van der Waals surface area contributed by atoms with Gasteiger partial charge in [-0.2, -0.15) is 0 Å². The number of rotatable bonds is 4. The average Bonchev–Trinajstić information content (AvgIpc) is 2.91. The van der Waals surface area contributed by atoms with Crippen molar-refractivity contribution in [1.82, 2.24) is 10.3 Å². The fourth-order valence-corrected chi connectivity index (χ4v) is 3.61. The number of fused-ring (bicyclic) bond motifs is 1.